The lowest BCUT2D eigenvalue weighted by atomic mass is 9.87. The molecule has 1 unspecified atom stereocenters. The lowest BCUT2D eigenvalue weighted by molar-refractivity contribution is 0.472. The molecule has 0 saturated carbocycles. The Bertz CT molecular complexity index is 580. The van der Waals surface area contributed by atoms with Crippen molar-refractivity contribution >= 4 is 5.69 Å². The number of nitrogens with one attached hydrogen (secondary N) is 1. The van der Waals surface area contributed by atoms with Crippen LogP contribution >= 0.6 is 0 Å². The fraction of sp³-hybridized carbons (Fsp3) is 0.250. The summed E-state index contributed by atoms with van der Waals surface area (Å²) < 4.78 is 12.9. The van der Waals surface area contributed by atoms with Gasteiger partial charge in [0.25, 0.3) is 0 Å². The molecule has 0 radical (unpaired) electrons. The van der Waals surface area contributed by atoms with Crippen LogP contribution in [0.25, 0.3) is 0 Å². The Hall–Kier alpha value is -2.03. The first kappa shape index (κ1) is 12.0. The van der Waals surface area contributed by atoms with Crippen molar-refractivity contribution in [2.75, 3.05) is 5.32 Å². The van der Waals surface area contributed by atoms with Gasteiger partial charge in [-0.1, -0.05) is 6.07 Å². The van der Waals surface area contributed by atoms with Crippen molar-refractivity contribution in [1.82, 2.24) is 0 Å². The van der Waals surface area contributed by atoms with Crippen LogP contribution < -0.4 is 5.32 Å². The molecule has 0 fully saturated rings. The van der Waals surface area contributed by atoms with E-state index in [1.165, 1.54) is 23.3 Å². The zero-order valence-electron chi connectivity index (χ0n) is 10.6. The first-order valence-corrected chi connectivity index (χ1v) is 6.56. The van der Waals surface area contributed by atoms with E-state index in [4.69, 9.17) is 0 Å². The van der Waals surface area contributed by atoms with Crippen LogP contribution in [-0.4, -0.2) is 5.11 Å². The molecular weight excluding hydrogens is 241 g/mol. The summed E-state index contributed by atoms with van der Waals surface area (Å²) in [4.78, 5) is 0. The molecule has 0 heterocycles. The van der Waals surface area contributed by atoms with Gasteiger partial charge in [0.15, 0.2) is 0 Å². The van der Waals surface area contributed by atoms with E-state index in [1.54, 1.807) is 18.2 Å². The number of anilines is 1. The van der Waals surface area contributed by atoms with Gasteiger partial charge < -0.3 is 10.4 Å². The minimum absolute atomic E-state index is 0.223. The highest BCUT2D eigenvalue weighted by Gasteiger charge is 2.20. The number of phenolic OH excluding ortho intramolecular Hbond substituents is 1. The average molecular weight is 257 g/mol. The monoisotopic (exact) mass is 257 g/mol. The number of aromatic hydroxyl groups is 1. The molecule has 3 rings (SSSR count). The number of rotatable bonds is 2. The molecule has 1 aliphatic carbocycles. The Labute approximate surface area is 111 Å². The zero-order chi connectivity index (χ0) is 13.2. The minimum atomic E-state index is -0.223. The molecule has 0 saturated heterocycles. The predicted molar refractivity (Wildman–Crippen MR) is 73.8 cm³/mol. The molecule has 0 spiro atoms. The Morgan fingerprint density at radius 2 is 1.89 bits per heavy atom. The molecule has 2 aromatic rings. The van der Waals surface area contributed by atoms with Gasteiger partial charge in [-0.25, -0.2) is 4.39 Å². The molecule has 98 valence electrons. The molecule has 0 amide bonds. The smallest absolute Gasteiger partial charge is 0.123 e. The average Bonchev–Trinajstić information content (AvgIpc) is 2.41. The first-order chi connectivity index (χ1) is 9.22. The predicted octanol–water partition coefficient (Wildman–Crippen LogP) is 4.02. The van der Waals surface area contributed by atoms with E-state index < -0.39 is 0 Å². The maximum Gasteiger partial charge on any atom is 0.123 e. The third-order valence-electron chi connectivity index (χ3n) is 3.63. The molecule has 1 atom stereocenters. The van der Waals surface area contributed by atoms with Gasteiger partial charge in [-0.3, -0.25) is 0 Å². The molecular formula is C16H16FNO. The van der Waals surface area contributed by atoms with Crippen LogP contribution in [0.1, 0.15) is 30.0 Å². The Morgan fingerprint density at radius 3 is 2.68 bits per heavy atom. The number of hydrogen-bond acceptors (Lipinski definition) is 2. The molecule has 2 nitrogen and oxygen atoms in total. The molecule has 0 bridgehead atoms. The highest BCUT2D eigenvalue weighted by Crippen LogP contribution is 2.34. The summed E-state index contributed by atoms with van der Waals surface area (Å²) in [7, 11) is 0. The number of phenols is 1. The number of hydrogen-bond donors (Lipinski definition) is 2. The summed E-state index contributed by atoms with van der Waals surface area (Å²) in [6, 6.07) is 12.2. The maximum atomic E-state index is 12.9. The number of benzene rings is 2. The van der Waals surface area contributed by atoms with Crippen molar-refractivity contribution in [3.8, 4) is 5.75 Å². The van der Waals surface area contributed by atoms with Gasteiger partial charge in [0.1, 0.15) is 11.6 Å². The second-order valence-electron chi connectivity index (χ2n) is 4.98. The van der Waals surface area contributed by atoms with Crippen molar-refractivity contribution in [3.63, 3.8) is 0 Å². The van der Waals surface area contributed by atoms with E-state index in [2.05, 4.69) is 5.32 Å². The van der Waals surface area contributed by atoms with Crippen molar-refractivity contribution in [2.45, 2.75) is 25.3 Å². The van der Waals surface area contributed by atoms with E-state index in [0.717, 1.165) is 24.9 Å². The van der Waals surface area contributed by atoms with Crippen LogP contribution in [0.4, 0.5) is 10.1 Å². The minimum Gasteiger partial charge on any atom is -0.508 e. The lowest BCUT2D eigenvalue weighted by Gasteiger charge is -2.27. The van der Waals surface area contributed by atoms with Gasteiger partial charge in [-0.05, 0) is 66.8 Å². The normalized spacial score (nSPS) is 17.8. The lowest BCUT2D eigenvalue weighted by Crippen LogP contribution is -2.17. The van der Waals surface area contributed by atoms with E-state index in [1.807, 2.05) is 12.1 Å². The Balaban J connectivity index is 1.85. The Kier molecular flexibility index (Phi) is 3.11. The zero-order valence-corrected chi connectivity index (χ0v) is 10.6. The van der Waals surface area contributed by atoms with Gasteiger partial charge in [-0.15, -0.1) is 0 Å². The summed E-state index contributed by atoms with van der Waals surface area (Å²) in [6.07, 6.45) is 3.15. The molecule has 3 heteroatoms. The van der Waals surface area contributed by atoms with E-state index in [-0.39, 0.29) is 11.9 Å². The summed E-state index contributed by atoms with van der Waals surface area (Å²) in [5, 5.41) is 13.0. The van der Waals surface area contributed by atoms with Gasteiger partial charge in [0.05, 0.1) is 6.04 Å². The van der Waals surface area contributed by atoms with Crippen molar-refractivity contribution < 1.29 is 9.50 Å². The van der Waals surface area contributed by atoms with E-state index >= 15 is 0 Å². The van der Waals surface area contributed by atoms with Crippen LogP contribution in [0.2, 0.25) is 0 Å². The number of aryl methyl sites for hydroxylation is 1. The SMILES string of the molecule is Oc1ccc2c(c1)CCCC2Nc1ccc(F)cc1. The topological polar surface area (TPSA) is 32.3 Å². The fourth-order valence-electron chi connectivity index (χ4n) is 2.70. The fourth-order valence-corrected chi connectivity index (χ4v) is 2.70. The van der Waals surface area contributed by atoms with Gasteiger partial charge in [0, 0.05) is 5.69 Å². The summed E-state index contributed by atoms with van der Waals surface area (Å²) in [5.41, 5.74) is 3.35. The van der Waals surface area contributed by atoms with Crippen molar-refractivity contribution in [2.24, 2.45) is 0 Å². The van der Waals surface area contributed by atoms with Crippen molar-refractivity contribution in [1.29, 1.82) is 0 Å². The molecule has 2 N–H and O–H groups in total. The van der Waals surface area contributed by atoms with Crippen molar-refractivity contribution in [3.05, 3.63) is 59.4 Å². The highest BCUT2D eigenvalue weighted by atomic mass is 19.1. The largest absolute Gasteiger partial charge is 0.508 e. The summed E-state index contributed by atoms with van der Waals surface area (Å²) in [6.45, 7) is 0. The third-order valence-corrected chi connectivity index (χ3v) is 3.63. The standard InChI is InChI=1S/C16H16FNO/c17-12-4-6-13(7-5-12)18-16-3-1-2-11-10-14(19)8-9-15(11)16/h4-10,16,18-19H,1-3H2. The molecule has 19 heavy (non-hydrogen) atoms. The molecule has 1 aliphatic rings. The van der Waals surface area contributed by atoms with Gasteiger partial charge >= 0.3 is 0 Å². The van der Waals surface area contributed by atoms with Crippen LogP contribution in [0, 0.1) is 5.82 Å². The van der Waals surface area contributed by atoms with Gasteiger partial charge in [0.2, 0.25) is 0 Å². The molecule has 0 aliphatic heterocycles. The quantitative estimate of drug-likeness (QED) is 0.851. The maximum absolute atomic E-state index is 12.9. The van der Waals surface area contributed by atoms with E-state index in [0.29, 0.717) is 5.75 Å². The van der Waals surface area contributed by atoms with Crippen LogP contribution in [0.5, 0.6) is 5.75 Å². The number of halogens is 1. The van der Waals surface area contributed by atoms with Crippen LogP contribution in [0.15, 0.2) is 42.5 Å². The first-order valence-electron chi connectivity index (χ1n) is 6.56. The third kappa shape index (κ3) is 2.55. The molecule has 2 aromatic carbocycles. The Morgan fingerprint density at radius 1 is 1.11 bits per heavy atom. The summed E-state index contributed by atoms with van der Waals surface area (Å²) in [5.74, 6) is 0.0979. The van der Waals surface area contributed by atoms with Crippen LogP contribution in [0.3, 0.4) is 0 Å². The van der Waals surface area contributed by atoms with Crippen LogP contribution in [-0.2, 0) is 6.42 Å². The number of fused-ring (bicyclic) bond motifs is 1. The highest BCUT2D eigenvalue weighted by molar-refractivity contribution is 5.48. The second kappa shape index (κ2) is 4.92. The van der Waals surface area contributed by atoms with E-state index in [9.17, 15) is 9.50 Å². The summed E-state index contributed by atoms with van der Waals surface area (Å²) >= 11 is 0. The van der Waals surface area contributed by atoms with Gasteiger partial charge in [-0.2, -0.15) is 0 Å². The molecule has 0 aromatic heterocycles. The second-order valence-corrected chi connectivity index (χ2v) is 4.98.